The first-order chi connectivity index (χ1) is 14.7. The van der Waals surface area contributed by atoms with Crippen molar-refractivity contribution in [1.29, 1.82) is 0 Å². The molecule has 0 bridgehead atoms. The molecule has 1 N–H and O–H groups in total. The number of aryl methyl sites for hydroxylation is 1. The van der Waals surface area contributed by atoms with Crippen LogP contribution < -0.4 is 5.32 Å². The first kappa shape index (κ1) is 25.6. The molecular formula is C26H40N4O2. The van der Waals surface area contributed by atoms with Crippen molar-refractivity contribution in [2.75, 3.05) is 18.4 Å². The van der Waals surface area contributed by atoms with Crippen molar-refractivity contribution >= 4 is 17.6 Å². The van der Waals surface area contributed by atoms with Crippen LogP contribution in [0.4, 0.5) is 5.82 Å². The molecule has 1 aromatic carbocycles. The average Bonchev–Trinajstić information content (AvgIpc) is 3.07. The lowest BCUT2D eigenvalue weighted by atomic mass is 9.92. The van der Waals surface area contributed by atoms with Crippen LogP contribution >= 0.6 is 0 Å². The summed E-state index contributed by atoms with van der Waals surface area (Å²) in [5.74, 6) is 0.819. The molecule has 1 aromatic heterocycles. The summed E-state index contributed by atoms with van der Waals surface area (Å²) in [5.41, 5.74) is 2.18. The Bertz CT molecular complexity index is 945. The molecule has 32 heavy (non-hydrogen) atoms. The predicted octanol–water partition coefficient (Wildman–Crippen LogP) is 5.34. The first-order valence-electron chi connectivity index (χ1n) is 11.5. The monoisotopic (exact) mass is 440 g/mol. The van der Waals surface area contributed by atoms with Crippen molar-refractivity contribution in [3.63, 3.8) is 0 Å². The van der Waals surface area contributed by atoms with Gasteiger partial charge in [-0.05, 0) is 37.0 Å². The Morgan fingerprint density at radius 3 is 2.28 bits per heavy atom. The van der Waals surface area contributed by atoms with E-state index < -0.39 is 5.41 Å². The van der Waals surface area contributed by atoms with Crippen LogP contribution in [0.5, 0.6) is 0 Å². The van der Waals surface area contributed by atoms with E-state index in [4.69, 9.17) is 5.10 Å². The summed E-state index contributed by atoms with van der Waals surface area (Å²) in [6, 6.07) is 9.93. The van der Waals surface area contributed by atoms with Gasteiger partial charge in [-0.2, -0.15) is 5.10 Å². The highest BCUT2D eigenvalue weighted by Gasteiger charge is 2.29. The van der Waals surface area contributed by atoms with Gasteiger partial charge in [-0.25, -0.2) is 4.68 Å². The second kappa shape index (κ2) is 9.88. The molecule has 0 aliphatic rings. The topological polar surface area (TPSA) is 67.2 Å². The lowest BCUT2D eigenvalue weighted by molar-refractivity contribution is -0.142. The zero-order valence-electron chi connectivity index (χ0n) is 21.2. The van der Waals surface area contributed by atoms with E-state index in [-0.39, 0.29) is 23.8 Å². The number of nitrogens with one attached hydrogen (secondary N) is 1. The van der Waals surface area contributed by atoms with Crippen LogP contribution in [-0.2, 0) is 15.0 Å². The van der Waals surface area contributed by atoms with Crippen LogP contribution in [0.3, 0.4) is 0 Å². The van der Waals surface area contributed by atoms with E-state index in [1.165, 1.54) is 0 Å². The molecule has 176 valence electrons. The number of carbonyl (C=O) groups is 2. The summed E-state index contributed by atoms with van der Waals surface area (Å²) < 4.78 is 1.77. The third-order valence-corrected chi connectivity index (χ3v) is 5.23. The van der Waals surface area contributed by atoms with Gasteiger partial charge in [0.05, 0.1) is 17.9 Å². The molecule has 0 aliphatic carbocycles. The number of rotatable bonds is 7. The summed E-state index contributed by atoms with van der Waals surface area (Å²) in [6.07, 6.45) is 0.852. The van der Waals surface area contributed by atoms with E-state index in [2.05, 4.69) is 39.9 Å². The minimum absolute atomic E-state index is 0.0177. The lowest BCUT2D eigenvalue weighted by Crippen LogP contribution is -2.44. The van der Waals surface area contributed by atoms with Gasteiger partial charge in [-0.15, -0.1) is 0 Å². The lowest BCUT2D eigenvalue weighted by Gasteiger charge is -2.29. The second-order valence-electron chi connectivity index (χ2n) is 11.1. The summed E-state index contributed by atoms with van der Waals surface area (Å²) in [6.45, 7) is 18.8. The maximum atomic E-state index is 13.1. The van der Waals surface area contributed by atoms with Crippen LogP contribution in [0.2, 0.25) is 0 Å². The molecule has 0 saturated carbocycles. The van der Waals surface area contributed by atoms with Crippen LogP contribution in [-0.4, -0.2) is 39.6 Å². The summed E-state index contributed by atoms with van der Waals surface area (Å²) in [5, 5.41) is 7.79. The number of anilines is 1. The first-order valence-corrected chi connectivity index (χ1v) is 11.5. The summed E-state index contributed by atoms with van der Waals surface area (Å²) in [7, 11) is 0. The highest BCUT2D eigenvalue weighted by atomic mass is 16.2. The van der Waals surface area contributed by atoms with Crippen LogP contribution in [0, 0.1) is 18.3 Å². The van der Waals surface area contributed by atoms with Crippen molar-refractivity contribution in [2.45, 2.75) is 74.1 Å². The van der Waals surface area contributed by atoms with Gasteiger partial charge >= 0.3 is 0 Å². The van der Waals surface area contributed by atoms with Gasteiger partial charge in [-0.1, -0.05) is 67.5 Å². The number of benzene rings is 1. The van der Waals surface area contributed by atoms with Gasteiger partial charge in [-0.3, -0.25) is 9.59 Å². The largest absolute Gasteiger partial charge is 0.333 e. The van der Waals surface area contributed by atoms with Gasteiger partial charge in [0.15, 0.2) is 0 Å². The third kappa shape index (κ3) is 6.94. The number of amides is 2. The SMILES string of the molecule is Cc1cccc(-n2nc(C(C)(C)C)cc2NC(=O)CN(CCC(C)C)C(=O)C(C)(C)C)c1. The molecule has 6 nitrogen and oxygen atoms in total. The van der Waals surface area contributed by atoms with E-state index >= 15 is 0 Å². The molecule has 6 heteroatoms. The van der Waals surface area contributed by atoms with Crippen molar-refractivity contribution in [2.24, 2.45) is 11.3 Å². The zero-order valence-corrected chi connectivity index (χ0v) is 21.2. The fourth-order valence-corrected chi connectivity index (χ4v) is 3.29. The van der Waals surface area contributed by atoms with Gasteiger partial charge in [0.25, 0.3) is 0 Å². The standard InChI is InChI=1S/C26H40N4O2/c1-18(2)13-14-29(24(32)26(7,8)9)17-23(31)27-22-16-21(25(4,5)6)28-30(22)20-12-10-11-19(3)15-20/h10-12,15-16,18H,13-14,17H2,1-9H3,(H,27,31). The highest BCUT2D eigenvalue weighted by Crippen LogP contribution is 2.27. The van der Waals surface area contributed by atoms with Gasteiger partial charge in [0.1, 0.15) is 5.82 Å². The molecule has 2 rings (SSSR count). The van der Waals surface area contributed by atoms with Crippen molar-refractivity contribution in [1.82, 2.24) is 14.7 Å². The predicted molar refractivity (Wildman–Crippen MR) is 131 cm³/mol. The summed E-state index contributed by atoms with van der Waals surface area (Å²) >= 11 is 0. The Kier molecular flexibility index (Phi) is 7.92. The summed E-state index contributed by atoms with van der Waals surface area (Å²) in [4.78, 5) is 27.7. The number of carbonyl (C=O) groups excluding carboxylic acids is 2. The molecule has 0 unspecified atom stereocenters. The van der Waals surface area contributed by atoms with E-state index in [1.54, 1.807) is 9.58 Å². The Morgan fingerprint density at radius 2 is 1.75 bits per heavy atom. The van der Waals surface area contributed by atoms with Gasteiger partial charge < -0.3 is 10.2 Å². The number of aromatic nitrogens is 2. The molecule has 2 amide bonds. The van der Waals surface area contributed by atoms with E-state index in [0.717, 1.165) is 23.4 Å². The number of hydrogen-bond donors (Lipinski definition) is 1. The molecule has 0 spiro atoms. The molecule has 0 fully saturated rings. The molecule has 0 saturated heterocycles. The molecule has 1 heterocycles. The molecular weight excluding hydrogens is 400 g/mol. The molecule has 0 radical (unpaired) electrons. The fourth-order valence-electron chi connectivity index (χ4n) is 3.29. The minimum atomic E-state index is -0.542. The maximum Gasteiger partial charge on any atom is 0.245 e. The minimum Gasteiger partial charge on any atom is -0.333 e. The van der Waals surface area contributed by atoms with Gasteiger partial charge in [0.2, 0.25) is 11.8 Å². The fraction of sp³-hybridized carbons (Fsp3) is 0.577. The molecule has 0 aliphatic heterocycles. The van der Waals surface area contributed by atoms with Crippen molar-refractivity contribution in [3.05, 3.63) is 41.6 Å². The third-order valence-electron chi connectivity index (χ3n) is 5.23. The van der Waals surface area contributed by atoms with E-state index in [0.29, 0.717) is 18.3 Å². The Hall–Kier alpha value is -2.63. The average molecular weight is 441 g/mol. The van der Waals surface area contributed by atoms with Crippen LogP contribution in [0.1, 0.15) is 73.1 Å². The maximum absolute atomic E-state index is 13.1. The van der Waals surface area contributed by atoms with Crippen molar-refractivity contribution in [3.8, 4) is 5.69 Å². The Morgan fingerprint density at radius 1 is 1.09 bits per heavy atom. The Labute approximate surface area is 193 Å². The Balaban J connectivity index is 2.32. The molecule has 2 aromatic rings. The van der Waals surface area contributed by atoms with Crippen LogP contribution in [0.15, 0.2) is 30.3 Å². The number of hydrogen-bond acceptors (Lipinski definition) is 3. The quantitative estimate of drug-likeness (QED) is 0.632. The normalized spacial score (nSPS) is 12.2. The smallest absolute Gasteiger partial charge is 0.245 e. The van der Waals surface area contributed by atoms with E-state index in [1.807, 2.05) is 58.0 Å². The van der Waals surface area contributed by atoms with Crippen LogP contribution in [0.25, 0.3) is 5.69 Å². The zero-order chi connectivity index (χ0) is 24.3. The van der Waals surface area contributed by atoms with E-state index in [9.17, 15) is 9.59 Å². The number of nitrogens with zero attached hydrogens (tertiary/aromatic N) is 3. The van der Waals surface area contributed by atoms with Gasteiger partial charge in [0, 0.05) is 23.4 Å². The molecule has 0 atom stereocenters. The second-order valence-corrected chi connectivity index (χ2v) is 11.1. The van der Waals surface area contributed by atoms with Crippen molar-refractivity contribution < 1.29 is 9.59 Å². The highest BCUT2D eigenvalue weighted by molar-refractivity contribution is 5.95.